The standard InChI is InChI=1S/C32H31NO3/c1-22-15-16-24(21-23-9-3-2-4-10-23)25-11-5-6-12-26(25)29(22)30(34)33-19-17-32(18-20-33)28-14-8-7-13-27(28)31(35)36-32/h2-14,24H,15-21H2,1H3. The number of allylic oxidation sites excluding steroid dienone is 1. The summed E-state index contributed by atoms with van der Waals surface area (Å²) in [6.07, 6.45) is 4.18. The lowest BCUT2D eigenvalue weighted by Gasteiger charge is -2.39. The third-order valence-electron chi connectivity index (χ3n) is 8.29. The van der Waals surface area contributed by atoms with E-state index in [1.807, 2.05) is 35.2 Å². The molecule has 0 saturated carbocycles. The van der Waals surface area contributed by atoms with Crippen LogP contribution in [0.1, 0.15) is 71.1 Å². The number of amides is 1. The summed E-state index contributed by atoms with van der Waals surface area (Å²) in [4.78, 5) is 28.5. The SMILES string of the molecule is CC1=C(C(=O)N2CCC3(CC2)OC(=O)c2ccccc23)c2ccccc2C(Cc2ccccc2)CC1. The summed E-state index contributed by atoms with van der Waals surface area (Å²) < 4.78 is 5.91. The van der Waals surface area contributed by atoms with Crippen molar-refractivity contribution in [2.45, 2.75) is 50.5 Å². The number of carbonyl (C=O) groups is 2. The van der Waals surface area contributed by atoms with E-state index in [1.165, 1.54) is 16.7 Å². The van der Waals surface area contributed by atoms with Gasteiger partial charge < -0.3 is 9.64 Å². The van der Waals surface area contributed by atoms with Crippen molar-refractivity contribution in [1.82, 2.24) is 4.90 Å². The quantitative estimate of drug-likeness (QED) is 0.418. The van der Waals surface area contributed by atoms with Crippen LogP contribution in [0.25, 0.3) is 5.57 Å². The molecule has 4 nitrogen and oxygen atoms in total. The molecule has 0 aromatic heterocycles. The monoisotopic (exact) mass is 477 g/mol. The fourth-order valence-electron chi connectivity index (χ4n) is 6.34. The van der Waals surface area contributed by atoms with Crippen molar-refractivity contribution >= 4 is 17.4 Å². The van der Waals surface area contributed by atoms with E-state index in [2.05, 4.69) is 55.5 Å². The molecule has 0 bridgehead atoms. The highest BCUT2D eigenvalue weighted by Crippen LogP contribution is 2.45. The van der Waals surface area contributed by atoms with Gasteiger partial charge in [0.15, 0.2) is 0 Å². The van der Waals surface area contributed by atoms with Crippen LogP contribution in [0.3, 0.4) is 0 Å². The molecular weight excluding hydrogens is 446 g/mol. The highest BCUT2D eigenvalue weighted by atomic mass is 16.6. The van der Waals surface area contributed by atoms with Crippen molar-refractivity contribution in [3.63, 3.8) is 0 Å². The molecule has 3 aliphatic rings. The molecule has 4 heteroatoms. The number of fused-ring (bicyclic) bond motifs is 3. The number of carbonyl (C=O) groups excluding carboxylic acids is 2. The summed E-state index contributed by atoms with van der Waals surface area (Å²) in [7, 11) is 0. The topological polar surface area (TPSA) is 46.6 Å². The van der Waals surface area contributed by atoms with Gasteiger partial charge in [0.1, 0.15) is 5.60 Å². The van der Waals surface area contributed by atoms with E-state index < -0.39 is 5.60 Å². The van der Waals surface area contributed by atoms with Crippen LogP contribution >= 0.6 is 0 Å². The van der Waals surface area contributed by atoms with E-state index in [0.29, 0.717) is 37.4 Å². The number of hydrogen-bond donors (Lipinski definition) is 0. The molecule has 1 saturated heterocycles. The maximum Gasteiger partial charge on any atom is 0.339 e. The summed E-state index contributed by atoms with van der Waals surface area (Å²) >= 11 is 0. The van der Waals surface area contributed by atoms with Gasteiger partial charge in [-0.2, -0.15) is 0 Å². The van der Waals surface area contributed by atoms with E-state index >= 15 is 0 Å². The maximum absolute atomic E-state index is 14.0. The Morgan fingerprint density at radius 2 is 1.58 bits per heavy atom. The van der Waals surface area contributed by atoms with E-state index in [4.69, 9.17) is 4.74 Å². The van der Waals surface area contributed by atoms with Gasteiger partial charge in [0.2, 0.25) is 0 Å². The summed E-state index contributed by atoms with van der Waals surface area (Å²) in [5.41, 5.74) is 6.75. The first-order chi connectivity index (χ1) is 17.6. The predicted octanol–water partition coefficient (Wildman–Crippen LogP) is 6.27. The van der Waals surface area contributed by atoms with Gasteiger partial charge in [0.05, 0.1) is 5.56 Å². The zero-order valence-corrected chi connectivity index (χ0v) is 20.7. The van der Waals surface area contributed by atoms with Crippen LogP contribution in [0.4, 0.5) is 0 Å². The lowest BCUT2D eigenvalue weighted by atomic mass is 9.83. The molecule has 1 atom stereocenters. The van der Waals surface area contributed by atoms with Crippen LogP contribution in [0, 0.1) is 0 Å². The average Bonchev–Trinajstić information content (AvgIpc) is 3.10. The van der Waals surface area contributed by atoms with Crippen molar-refractivity contribution in [3.8, 4) is 0 Å². The van der Waals surface area contributed by atoms with Crippen molar-refractivity contribution in [2.75, 3.05) is 13.1 Å². The molecule has 3 aromatic rings. The average molecular weight is 478 g/mol. The molecule has 3 aromatic carbocycles. The third kappa shape index (κ3) is 3.85. The van der Waals surface area contributed by atoms with E-state index in [1.54, 1.807) is 0 Å². The second kappa shape index (κ2) is 9.09. The van der Waals surface area contributed by atoms with Crippen molar-refractivity contribution in [3.05, 3.63) is 112 Å². The van der Waals surface area contributed by atoms with Gasteiger partial charge >= 0.3 is 5.97 Å². The molecule has 1 unspecified atom stereocenters. The zero-order chi connectivity index (χ0) is 24.7. The Morgan fingerprint density at radius 3 is 2.36 bits per heavy atom. The van der Waals surface area contributed by atoms with Gasteiger partial charge in [0, 0.05) is 37.1 Å². The third-order valence-corrected chi connectivity index (χ3v) is 8.29. The molecule has 1 spiro atoms. The maximum atomic E-state index is 14.0. The molecule has 0 radical (unpaired) electrons. The second-order valence-electron chi connectivity index (χ2n) is 10.4. The van der Waals surface area contributed by atoms with Gasteiger partial charge in [-0.15, -0.1) is 0 Å². The largest absolute Gasteiger partial charge is 0.450 e. The number of esters is 1. The molecule has 6 rings (SSSR count). The number of ether oxygens (including phenoxy) is 1. The molecule has 1 aliphatic carbocycles. The molecule has 2 heterocycles. The zero-order valence-electron chi connectivity index (χ0n) is 20.7. The highest BCUT2D eigenvalue weighted by Gasteiger charge is 2.48. The number of likely N-dealkylation sites (tertiary alicyclic amines) is 1. The van der Waals surface area contributed by atoms with Crippen LogP contribution in [-0.4, -0.2) is 29.9 Å². The molecule has 2 aliphatic heterocycles. The van der Waals surface area contributed by atoms with E-state index in [-0.39, 0.29) is 11.9 Å². The van der Waals surface area contributed by atoms with Gasteiger partial charge in [-0.1, -0.05) is 78.4 Å². The number of benzene rings is 3. The fourth-order valence-corrected chi connectivity index (χ4v) is 6.34. The minimum Gasteiger partial charge on any atom is -0.450 e. The second-order valence-corrected chi connectivity index (χ2v) is 10.4. The van der Waals surface area contributed by atoms with Gasteiger partial charge in [0.25, 0.3) is 5.91 Å². The van der Waals surface area contributed by atoms with Crippen molar-refractivity contribution in [1.29, 1.82) is 0 Å². The van der Waals surface area contributed by atoms with Gasteiger partial charge in [-0.05, 0) is 54.9 Å². The Labute approximate surface area is 212 Å². The normalized spacial score (nSPS) is 20.5. The number of piperidine rings is 1. The van der Waals surface area contributed by atoms with Crippen LogP contribution < -0.4 is 0 Å². The molecule has 1 fully saturated rings. The fraction of sp³-hybridized carbons (Fsp3) is 0.312. The summed E-state index contributed by atoms with van der Waals surface area (Å²) in [5, 5.41) is 0. The molecule has 182 valence electrons. The molecule has 0 N–H and O–H groups in total. The Kier molecular flexibility index (Phi) is 5.75. The first-order valence-electron chi connectivity index (χ1n) is 13.0. The van der Waals surface area contributed by atoms with Crippen LogP contribution in [-0.2, 0) is 21.6 Å². The number of rotatable bonds is 3. The predicted molar refractivity (Wildman–Crippen MR) is 141 cm³/mol. The van der Waals surface area contributed by atoms with E-state index in [9.17, 15) is 9.59 Å². The Balaban J connectivity index is 1.26. The van der Waals surface area contributed by atoms with Crippen LogP contribution in [0.15, 0.2) is 84.4 Å². The molecular formula is C32H31NO3. The van der Waals surface area contributed by atoms with Crippen LogP contribution in [0.2, 0.25) is 0 Å². The summed E-state index contributed by atoms with van der Waals surface area (Å²) in [5.74, 6) is 0.238. The number of hydrogen-bond acceptors (Lipinski definition) is 3. The smallest absolute Gasteiger partial charge is 0.339 e. The lowest BCUT2D eigenvalue weighted by molar-refractivity contribution is -0.129. The van der Waals surface area contributed by atoms with Gasteiger partial charge in [-0.3, -0.25) is 4.79 Å². The lowest BCUT2D eigenvalue weighted by Crippen LogP contribution is -2.45. The molecule has 36 heavy (non-hydrogen) atoms. The van der Waals surface area contributed by atoms with Crippen LogP contribution in [0.5, 0.6) is 0 Å². The first kappa shape index (κ1) is 22.8. The number of nitrogens with zero attached hydrogens (tertiary/aromatic N) is 1. The highest BCUT2D eigenvalue weighted by molar-refractivity contribution is 6.21. The Morgan fingerprint density at radius 1 is 0.917 bits per heavy atom. The molecule has 1 amide bonds. The van der Waals surface area contributed by atoms with Gasteiger partial charge in [-0.25, -0.2) is 4.79 Å². The van der Waals surface area contributed by atoms with E-state index in [0.717, 1.165) is 36.0 Å². The van der Waals surface area contributed by atoms with Crippen molar-refractivity contribution in [2.24, 2.45) is 0 Å². The van der Waals surface area contributed by atoms with Crippen molar-refractivity contribution < 1.29 is 14.3 Å². The Bertz CT molecular complexity index is 1350. The summed E-state index contributed by atoms with van der Waals surface area (Å²) in [6, 6.07) is 26.8. The minimum absolute atomic E-state index is 0.104. The summed E-state index contributed by atoms with van der Waals surface area (Å²) in [6.45, 7) is 3.27. The minimum atomic E-state index is -0.601. The Hall–Kier alpha value is -3.66. The first-order valence-corrected chi connectivity index (χ1v) is 13.0.